The average Bonchev–Trinajstić information content (AvgIpc) is 2.79. The predicted octanol–water partition coefficient (Wildman–Crippen LogP) is 8.67. The Balaban J connectivity index is 2.30. The monoisotopic (exact) mass is 502 g/mol. The highest BCUT2D eigenvalue weighted by Gasteiger charge is 2.33. The van der Waals surface area contributed by atoms with Gasteiger partial charge >= 0.3 is 0 Å². The lowest BCUT2D eigenvalue weighted by Crippen LogP contribution is -2.18. The van der Waals surface area contributed by atoms with Crippen LogP contribution in [0.1, 0.15) is 101 Å². The molecule has 1 aliphatic rings. The van der Waals surface area contributed by atoms with Crippen molar-refractivity contribution in [3.63, 3.8) is 0 Å². The van der Waals surface area contributed by atoms with E-state index in [2.05, 4.69) is 45.9 Å². The number of phenolic OH excluding ortho intramolecular Hbond substituents is 2. The number of aryl methyl sites for hydroxylation is 1. The van der Waals surface area contributed by atoms with Crippen molar-refractivity contribution in [1.82, 2.24) is 0 Å². The van der Waals surface area contributed by atoms with Crippen molar-refractivity contribution in [2.24, 2.45) is 0 Å². The largest absolute Gasteiger partial charge is 0.507 e. The summed E-state index contributed by atoms with van der Waals surface area (Å²) in [6, 6.07) is 1.93. The van der Waals surface area contributed by atoms with Crippen LogP contribution in [-0.4, -0.2) is 21.1 Å². The maximum Gasteiger partial charge on any atom is 0.166 e. The molecule has 0 spiro atoms. The minimum absolute atomic E-state index is 0.0618. The number of carbonyl (C=O) groups is 1. The van der Waals surface area contributed by atoms with Crippen LogP contribution >= 0.6 is 0 Å². The van der Waals surface area contributed by atoms with Gasteiger partial charge in [-0.3, -0.25) is 4.79 Å². The third-order valence-electron chi connectivity index (χ3n) is 7.24. The van der Waals surface area contributed by atoms with Gasteiger partial charge in [0, 0.05) is 12.0 Å². The molecular formula is C33H42O4. The predicted molar refractivity (Wildman–Crippen MR) is 155 cm³/mol. The van der Waals surface area contributed by atoms with Crippen LogP contribution < -0.4 is 0 Å². The van der Waals surface area contributed by atoms with E-state index in [1.165, 1.54) is 22.8 Å². The molecule has 2 aromatic carbocycles. The highest BCUT2D eigenvalue weighted by Crippen LogP contribution is 2.49. The van der Waals surface area contributed by atoms with Crippen molar-refractivity contribution in [2.75, 3.05) is 0 Å². The third-order valence-corrected chi connectivity index (χ3v) is 7.24. The van der Waals surface area contributed by atoms with E-state index in [0.29, 0.717) is 23.8 Å². The minimum Gasteiger partial charge on any atom is -0.507 e. The number of ketones is 1. The topological polar surface area (TPSA) is 77.8 Å². The zero-order chi connectivity index (χ0) is 27.4. The molecule has 1 aliphatic carbocycles. The lowest BCUT2D eigenvalue weighted by Gasteiger charge is -2.26. The number of rotatable bonds is 9. The molecule has 37 heavy (non-hydrogen) atoms. The molecule has 4 heteroatoms. The zero-order valence-electron chi connectivity index (χ0n) is 23.5. The normalized spacial score (nSPS) is 14.7. The van der Waals surface area contributed by atoms with Gasteiger partial charge in [-0.15, -0.1) is 0 Å². The van der Waals surface area contributed by atoms with Gasteiger partial charge in [-0.2, -0.15) is 0 Å². The number of aliphatic hydroxyl groups excluding tert-OH is 1. The van der Waals surface area contributed by atoms with E-state index in [1.54, 1.807) is 0 Å². The highest BCUT2D eigenvalue weighted by molar-refractivity contribution is 6.09. The summed E-state index contributed by atoms with van der Waals surface area (Å²) in [7, 11) is 0. The molecule has 198 valence electrons. The number of benzene rings is 2. The first-order chi connectivity index (χ1) is 17.4. The van der Waals surface area contributed by atoms with Gasteiger partial charge < -0.3 is 15.3 Å². The second kappa shape index (κ2) is 11.9. The minimum atomic E-state index is -0.456. The molecule has 0 saturated heterocycles. The molecule has 0 aliphatic heterocycles. The van der Waals surface area contributed by atoms with Crippen LogP contribution in [0.15, 0.2) is 47.1 Å². The van der Waals surface area contributed by atoms with Crippen LogP contribution in [0, 0.1) is 6.92 Å². The third kappa shape index (κ3) is 6.18. The number of hydrogen-bond donors (Lipinski definition) is 3. The average molecular weight is 503 g/mol. The van der Waals surface area contributed by atoms with E-state index in [1.807, 2.05) is 26.8 Å². The van der Waals surface area contributed by atoms with E-state index in [9.17, 15) is 20.1 Å². The second-order valence-corrected chi connectivity index (χ2v) is 11.0. The molecule has 0 bridgehead atoms. The summed E-state index contributed by atoms with van der Waals surface area (Å²) in [5.74, 6) is -0.939. The van der Waals surface area contributed by atoms with Crippen LogP contribution in [0.2, 0.25) is 0 Å². The Kier molecular flexibility index (Phi) is 9.07. The van der Waals surface area contributed by atoms with Gasteiger partial charge in [0.15, 0.2) is 5.78 Å². The summed E-state index contributed by atoms with van der Waals surface area (Å²) in [4.78, 5) is 13.0. The number of carbonyl (C=O) groups excluding carboxylic acids is 1. The van der Waals surface area contributed by atoms with Crippen molar-refractivity contribution in [2.45, 2.75) is 92.9 Å². The summed E-state index contributed by atoms with van der Waals surface area (Å²) < 4.78 is 0. The number of allylic oxidation sites excluding steroid dienone is 7. The van der Waals surface area contributed by atoms with E-state index >= 15 is 0 Å². The van der Waals surface area contributed by atoms with Crippen molar-refractivity contribution < 1.29 is 20.1 Å². The molecule has 0 aromatic heterocycles. The highest BCUT2D eigenvalue weighted by atomic mass is 16.3. The van der Waals surface area contributed by atoms with Crippen LogP contribution in [0.4, 0.5) is 0 Å². The lowest BCUT2D eigenvalue weighted by atomic mass is 9.78. The SMILES string of the molecule is CC(C)=CCCc1c(C)c(CCC=C(C)C)c2cc3c(c(O)c2c1O)C(O)=CC(=O)C3CCC=C(C)C. The number of fused-ring (bicyclic) bond motifs is 2. The number of phenols is 2. The quantitative estimate of drug-likeness (QED) is 0.300. The molecule has 4 nitrogen and oxygen atoms in total. The van der Waals surface area contributed by atoms with E-state index in [0.717, 1.165) is 47.8 Å². The van der Waals surface area contributed by atoms with Crippen LogP contribution in [0.5, 0.6) is 11.5 Å². The molecule has 1 unspecified atom stereocenters. The van der Waals surface area contributed by atoms with Gasteiger partial charge in [0.25, 0.3) is 0 Å². The fourth-order valence-electron chi connectivity index (χ4n) is 5.36. The van der Waals surface area contributed by atoms with E-state index in [4.69, 9.17) is 0 Å². The molecule has 0 heterocycles. The smallest absolute Gasteiger partial charge is 0.166 e. The molecule has 0 fully saturated rings. The molecule has 0 radical (unpaired) electrons. The Labute approximate surface area is 221 Å². The Bertz CT molecular complexity index is 1320. The van der Waals surface area contributed by atoms with Gasteiger partial charge in [-0.25, -0.2) is 0 Å². The van der Waals surface area contributed by atoms with Gasteiger partial charge in [-0.05, 0) is 121 Å². The summed E-state index contributed by atoms with van der Waals surface area (Å²) in [6.07, 6.45) is 12.0. The Morgan fingerprint density at radius 3 is 1.92 bits per heavy atom. The fraction of sp³-hybridized carbons (Fsp3) is 0.424. The first-order valence-electron chi connectivity index (χ1n) is 13.3. The van der Waals surface area contributed by atoms with E-state index < -0.39 is 5.92 Å². The van der Waals surface area contributed by atoms with E-state index in [-0.39, 0.29) is 28.6 Å². The number of aromatic hydroxyl groups is 2. The van der Waals surface area contributed by atoms with Gasteiger partial charge in [0.05, 0.1) is 10.9 Å². The molecule has 0 amide bonds. The first kappa shape index (κ1) is 28.3. The molecule has 3 N–H and O–H groups in total. The number of aliphatic hydroxyl groups is 1. The summed E-state index contributed by atoms with van der Waals surface area (Å²) in [5.41, 5.74) is 7.46. The standard InChI is InChI=1S/C33H42O4/c1-19(2)11-8-14-23-22(7)24(15-9-12-20(3)4)32(36)31-26(23)17-27-25(16-10-13-21(5)6)28(34)18-29(35)30(27)33(31)37/h11-13,17-18,25,35-37H,8-10,14-16H2,1-7H3. The van der Waals surface area contributed by atoms with Crippen molar-refractivity contribution in [3.8, 4) is 11.5 Å². The van der Waals surface area contributed by atoms with Crippen molar-refractivity contribution in [3.05, 3.63) is 74.9 Å². The Morgan fingerprint density at radius 2 is 1.35 bits per heavy atom. The first-order valence-corrected chi connectivity index (χ1v) is 13.3. The Hall–Kier alpha value is -3.27. The van der Waals surface area contributed by atoms with Gasteiger partial charge in [-0.1, -0.05) is 34.9 Å². The maximum atomic E-state index is 13.0. The second-order valence-electron chi connectivity index (χ2n) is 11.0. The Morgan fingerprint density at radius 1 is 0.811 bits per heavy atom. The van der Waals surface area contributed by atoms with Crippen molar-refractivity contribution >= 4 is 22.3 Å². The number of hydrogen-bond acceptors (Lipinski definition) is 4. The molecule has 3 rings (SSSR count). The van der Waals surface area contributed by atoms with Crippen molar-refractivity contribution in [1.29, 1.82) is 0 Å². The summed E-state index contributed by atoms with van der Waals surface area (Å²) in [6.45, 7) is 14.4. The summed E-state index contributed by atoms with van der Waals surface area (Å²) >= 11 is 0. The molecule has 0 saturated carbocycles. The zero-order valence-corrected chi connectivity index (χ0v) is 23.5. The van der Waals surface area contributed by atoms with Gasteiger partial charge in [0.2, 0.25) is 0 Å². The van der Waals surface area contributed by atoms with Crippen LogP contribution in [-0.2, 0) is 17.6 Å². The van der Waals surface area contributed by atoms with Crippen LogP contribution in [0.25, 0.3) is 16.5 Å². The maximum absolute atomic E-state index is 13.0. The van der Waals surface area contributed by atoms with Gasteiger partial charge in [0.1, 0.15) is 17.3 Å². The molecule has 2 aromatic rings. The fourth-order valence-corrected chi connectivity index (χ4v) is 5.36. The lowest BCUT2D eigenvalue weighted by molar-refractivity contribution is -0.116. The summed E-state index contributed by atoms with van der Waals surface area (Å²) in [5, 5.41) is 34.9. The molecular weight excluding hydrogens is 460 g/mol. The molecule has 1 atom stereocenters. The van der Waals surface area contributed by atoms with Crippen LogP contribution in [0.3, 0.4) is 0 Å².